The molecule has 0 spiro atoms. The van der Waals surface area contributed by atoms with Crippen LogP contribution in [0.4, 0.5) is 5.82 Å². The van der Waals surface area contributed by atoms with Gasteiger partial charge in [-0.15, -0.1) is 0 Å². The molecular weight excluding hydrogens is 362 g/mol. The second-order valence-corrected chi connectivity index (χ2v) is 6.28. The number of amides is 1. The van der Waals surface area contributed by atoms with Gasteiger partial charge in [0.15, 0.2) is 11.6 Å². The Morgan fingerprint density at radius 3 is 2.48 bits per heavy atom. The molecule has 0 atom stereocenters. The Balaban J connectivity index is 1.82. The highest BCUT2D eigenvalue weighted by molar-refractivity contribution is 6.29. The van der Waals surface area contributed by atoms with Crippen LogP contribution in [0.5, 0.6) is 5.75 Å². The van der Waals surface area contributed by atoms with Crippen molar-refractivity contribution < 1.29 is 9.90 Å². The number of pyridine rings is 2. The fourth-order valence-electron chi connectivity index (χ4n) is 2.81. The third kappa shape index (κ3) is 3.45. The second-order valence-electron chi connectivity index (χ2n) is 5.89. The van der Waals surface area contributed by atoms with Crippen molar-refractivity contribution in [3.63, 3.8) is 0 Å². The summed E-state index contributed by atoms with van der Waals surface area (Å²) in [6, 6.07) is 21.6. The van der Waals surface area contributed by atoms with Crippen LogP contribution in [0.25, 0.3) is 22.2 Å². The molecule has 4 aromatic rings. The van der Waals surface area contributed by atoms with Crippen LogP contribution in [0, 0.1) is 0 Å². The predicted molar refractivity (Wildman–Crippen MR) is 106 cm³/mol. The molecule has 2 N–H and O–H groups in total. The number of halogens is 1. The Hall–Kier alpha value is -3.44. The molecule has 132 valence electrons. The number of fused-ring (bicyclic) bond motifs is 1. The molecule has 0 unspecified atom stereocenters. The highest BCUT2D eigenvalue weighted by atomic mass is 35.5. The van der Waals surface area contributed by atoms with Gasteiger partial charge in [0.05, 0.1) is 16.8 Å². The van der Waals surface area contributed by atoms with Crippen molar-refractivity contribution in [3.05, 3.63) is 83.5 Å². The molecule has 5 nitrogen and oxygen atoms in total. The first-order valence-corrected chi connectivity index (χ1v) is 8.62. The lowest BCUT2D eigenvalue weighted by Crippen LogP contribution is -2.14. The lowest BCUT2D eigenvalue weighted by molar-refractivity contribution is 0.102. The van der Waals surface area contributed by atoms with Crippen LogP contribution in [0.1, 0.15) is 10.4 Å². The number of aromatic hydroxyl groups is 1. The quantitative estimate of drug-likeness (QED) is 0.499. The van der Waals surface area contributed by atoms with E-state index in [1.54, 1.807) is 6.07 Å². The number of anilines is 1. The number of carbonyl (C=O) groups is 1. The van der Waals surface area contributed by atoms with Gasteiger partial charge in [-0.05, 0) is 24.3 Å². The van der Waals surface area contributed by atoms with E-state index >= 15 is 0 Å². The molecular formula is C21H14ClN3O2. The van der Waals surface area contributed by atoms with Crippen molar-refractivity contribution in [1.82, 2.24) is 9.97 Å². The summed E-state index contributed by atoms with van der Waals surface area (Å²) in [7, 11) is 0. The zero-order valence-electron chi connectivity index (χ0n) is 14.1. The summed E-state index contributed by atoms with van der Waals surface area (Å²) in [5.41, 5.74) is 2.72. The SMILES string of the molecule is O=C(Nc1nc(Cl)ccc1O)c1cc(-c2ccccc2)nc2ccccc12. The van der Waals surface area contributed by atoms with Crippen LogP contribution in [0.15, 0.2) is 72.8 Å². The van der Waals surface area contributed by atoms with Crippen LogP contribution in [-0.4, -0.2) is 21.0 Å². The molecule has 1 amide bonds. The minimum atomic E-state index is -0.407. The minimum absolute atomic E-state index is 0.00894. The minimum Gasteiger partial charge on any atom is -0.504 e. The molecule has 0 saturated heterocycles. The maximum Gasteiger partial charge on any atom is 0.257 e. The van der Waals surface area contributed by atoms with E-state index in [-0.39, 0.29) is 16.7 Å². The van der Waals surface area contributed by atoms with E-state index in [9.17, 15) is 9.90 Å². The van der Waals surface area contributed by atoms with E-state index in [1.807, 2.05) is 54.6 Å². The molecule has 0 saturated carbocycles. The molecule has 0 radical (unpaired) electrons. The van der Waals surface area contributed by atoms with Crippen LogP contribution in [0.3, 0.4) is 0 Å². The Morgan fingerprint density at radius 2 is 1.67 bits per heavy atom. The van der Waals surface area contributed by atoms with E-state index in [0.717, 1.165) is 5.56 Å². The molecule has 2 aromatic heterocycles. The molecule has 0 bridgehead atoms. The number of hydrogen-bond donors (Lipinski definition) is 2. The Morgan fingerprint density at radius 1 is 0.926 bits per heavy atom. The molecule has 6 heteroatoms. The number of nitrogens with zero attached hydrogens (tertiary/aromatic N) is 2. The van der Waals surface area contributed by atoms with E-state index in [2.05, 4.69) is 15.3 Å². The van der Waals surface area contributed by atoms with Gasteiger partial charge in [-0.2, -0.15) is 0 Å². The fourth-order valence-corrected chi connectivity index (χ4v) is 2.96. The van der Waals surface area contributed by atoms with E-state index in [4.69, 9.17) is 11.6 Å². The van der Waals surface area contributed by atoms with Crippen molar-refractivity contribution in [2.75, 3.05) is 5.32 Å². The maximum atomic E-state index is 12.9. The molecule has 0 aliphatic rings. The highest BCUT2D eigenvalue weighted by Crippen LogP contribution is 2.27. The summed E-state index contributed by atoms with van der Waals surface area (Å²) in [6.07, 6.45) is 0. The summed E-state index contributed by atoms with van der Waals surface area (Å²) in [4.78, 5) is 21.6. The number of hydrogen-bond acceptors (Lipinski definition) is 4. The second kappa shape index (κ2) is 7.05. The van der Waals surface area contributed by atoms with Gasteiger partial charge in [-0.3, -0.25) is 4.79 Å². The highest BCUT2D eigenvalue weighted by Gasteiger charge is 2.16. The molecule has 2 aromatic carbocycles. The monoisotopic (exact) mass is 375 g/mol. The largest absolute Gasteiger partial charge is 0.504 e. The van der Waals surface area contributed by atoms with Gasteiger partial charge in [0.25, 0.3) is 5.91 Å². The third-order valence-electron chi connectivity index (χ3n) is 4.10. The van der Waals surface area contributed by atoms with E-state index in [1.165, 1.54) is 12.1 Å². The fraction of sp³-hybridized carbons (Fsp3) is 0. The molecule has 4 rings (SSSR count). The van der Waals surface area contributed by atoms with E-state index in [0.29, 0.717) is 22.2 Å². The van der Waals surface area contributed by atoms with Crippen molar-refractivity contribution in [1.29, 1.82) is 0 Å². The van der Waals surface area contributed by atoms with Crippen LogP contribution >= 0.6 is 11.6 Å². The molecule has 0 aliphatic heterocycles. The zero-order valence-corrected chi connectivity index (χ0v) is 14.8. The third-order valence-corrected chi connectivity index (χ3v) is 4.31. The first-order chi connectivity index (χ1) is 13.1. The van der Waals surface area contributed by atoms with E-state index < -0.39 is 5.91 Å². The number of para-hydroxylation sites is 1. The smallest absolute Gasteiger partial charge is 0.257 e. The Labute approximate surface area is 160 Å². The Kier molecular flexibility index (Phi) is 4.44. The van der Waals surface area contributed by atoms with Crippen molar-refractivity contribution in [2.24, 2.45) is 0 Å². The van der Waals surface area contributed by atoms with Gasteiger partial charge in [-0.1, -0.05) is 60.1 Å². The number of rotatable bonds is 3. The molecule has 0 fully saturated rings. The summed E-state index contributed by atoms with van der Waals surface area (Å²) >= 11 is 5.86. The van der Waals surface area contributed by atoms with Crippen LogP contribution in [-0.2, 0) is 0 Å². The standard InChI is InChI=1S/C21H14ClN3O2/c22-19-11-10-18(26)20(24-19)25-21(27)15-12-17(13-6-2-1-3-7-13)23-16-9-5-4-8-14(15)16/h1-12,26H,(H,24,25,27). The molecule has 0 aliphatic carbocycles. The summed E-state index contributed by atoms with van der Waals surface area (Å²) in [6.45, 7) is 0. The van der Waals surface area contributed by atoms with Gasteiger partial charge in [-0.25, -0.2) is 9.97 Å². The van der Waals surface area contributed by atoms with Gasteiger partial charge in [0.1, 0.15) is 5.15 Å². The normalized spacial score (nSPS) is 10.7. The van der Waals surface area contributed by atoms with Crippen molar-refractivity contribution in [3.8, 4) is 17.0 Å². The predicted octanol–water partition coefficient (Wildman–Crippen LogP) is 4.91. The average molecular weight is 376 g/mol. The maximum absolute atomic E-state index is 12.9. The number of benzene rings is 2. The van der Waals surface area contributed by atoms with Gasteiger partial charge in [0, 0.05) is 10.9 Å². The average Bonchev–Trinajstić information content (AvgIpc) is 2.70. The summed E-state index contributed by atoms with van der Waals surface area (Å²) < 4.78 is 0. The molecule has 27 heavy (non-hydrogen) atoms. The lowest BCUT2D eigenvalue weighted by Gasteiger charge is -2.11. The summed E-state index contributed by atoms with van der Waals surface area (Å²) in [5, 5.41) is 13.4. The number of aromatic nitrogens is 2. The van der Waals surface area contributed by atoms with Crippen molar-refractivity contribution in [2.45, 2.75) is 0 Å². The zero-order chi connectivity index (χ0) is 18.8. The number of carbonyl (C=O) groups excluding carboxylic acids is 1. The topological polar surface area (TPSA) is 75.1 Å². The summed E-state index contributed by atoms with van der Waals surface area (Å²) in [5.74, 6) is -0.556. The van der Waals surface area contributed by atoms with Crippen LogP contribution < -0.4 is 5.32 Å². The van der Waals surface area contributed by atoms with Gasteiger partial charge < -0.3 is 10.4 Å². The first kappa shape index (κ1) is 17.0. The van der Waals surface area contributed by atoms with Gasteiger partial charge in [0.2, 0.25) is 0 Å². The van der Waals surface area contributed by atoms with Crippen LogP contribution in [0.2, 0.25) is 5.15 Å². The molecule has 2 heterocycles. The first-order valence-electron chi connectivity index (χ1n) is 8.24. The van der Waals surface area contributed by atoms with Gasteiger partial charge >= 0.3 is 0 Å². The number of nitrogens with one attached hydrogen (secondary N) is 1. The Bertz CT molecular complexity index is 1150. The van der Waals surface area contributed by atoms with Crippen molar-refractivity contribution >= 4 is 34.2 Å². The lowest BCUT2D eigenvalue weighted by atomic mass is 10.0.